The normalized spacial score (nSPS) is 10.4. The fraction of sp³-hybridized carbons (Fsp3) is 0. The number of rotatable bonds is 3. The van der Waals surface area contributed by atoms with Gasteiger partial charge >= 0.3 is 5.00 Å². The molecule has 2 amide bonds. The van der Waals surface area contributed by atoms with Crippen molar-refractivity contribution in [3.05, 3.63) is 63.1 Å². The first kappa shape index (κ1) is 14.7. The van der Waals surface area contributed by atoms with Crippen LogP contribution in [0.5, 0.6) is 0 Å². The van der Waals surface area contributed by atoms with E-state index in [9.17, 15) is 19.7 Å². The van der Waals surface area contributed by atoms with Gasteiger partial charge in [-0.25, -0.2) is 0 Å². The van der Waals surface area contributed by atoms with Crippen LogP contribution in [0.15, 0.2) is 42.6 Å². The first-order valence-electron chi connectivity index (χ1n) is 6.47. The molecule has 2 heterocycles. The molecule has 0 atom stereocenters. The second-order valence-corrected chi connectivity index (χ2v) is 5.61. The molecule has 0 fully saturated rings. The zero-order valence-corrected chi connectivity index (χ0v) is 12.3. The second-order valence-electron chi connectivity index (χ2n) is 4.55. The van der Waals surface area contributed by atoms with E-state index in [1.165, 1.54) is 12.1 Å². The van der Waals surface area contributed by atoms with Gasteiger partial charge in [-0.15, -0.1) is 0 Å². The van der Waals surface area contributed by atoms with Crippen LogP contribution in [0.2, 0.25) is 0 Å². The molecule has 0 aliphatic rings. The number of H-pyrrole nitrogens is 1. The second kappa shape index (κ2) is 5.89. The summed E-state index contributed by atoms with van der Waals surface area (Å²) in [6.07, 6.45) is 1.54. The summed E-state index contributed by atoms with van der Waals surface area (Å²) >= 11 is 0.732. The molecule has 3 rings (SSSR count). The summed E-state index contributed by atoms with van der Waals surface area (Å²) in [6, 6.07) is 9.82. The van der Waals surface area contributed by atoms with Crippen LogP contribution in [0.25, 0.3) is 10.9 Å². The van der Waals surface area contributed by atoms with Crippen molar-refractivity contribution in [3.63, 3.8) is 0 Å². The van der Waals surface area contributed by atoms with Gasteiger partial charge in [-0.2, -0.15) is 0 Å². The number of aromatic nitrogens is 1. The van der Waals surface area contributed by atoms with Crippen LogP contribution in [0.3, 0.4) is 0 Å². The largest absolute Gasteiger partial charge is 0.360 e. The highest BCUT2D eigenvalue weighted by Crippen LogP contribution is 2.23. The third kappa shape index (κ3) is 2.90. The number of fused-ring (bicyclic) bond motifs is 1. The van der Waals surface area contributed by atoms with Crippen molar-refractivity contribution in [3.8, 4) is 0 Å². The van der Waals surface area contributed by atoms with E-state index < -0.39 is 16.7 Å². The van der Waals surface area contributed by atoms with E-state index >= 15 is 0 Å². The zero-order chi connectivity index (χ0) is 16.4. The van der Waals surface area contributed by atoms with Crippen LogP contribution in [0.4, 0.5) is 5.00 Å². The van der Waals surface area contributed by atoms with Crippen LogP contribution < -0.4 is 10.9 Å². The Hall–Kier alpha value is -3.20. The van der Waals surface area contributed by atoms with Crippen LogP contribution in [-0.4, -0.2) is 21.7 Å². The summed E-state index contributed by atoms with van der Waals surface area (Å²) in [5.74, 6) is -1.10. The van der Waals surface area contributed by atoms with E-state index in [1.54, 1.807) is 18.3 Å². The number of para-hydroxylation sites is 1. The monoisotopic (exact) mass is 330 g/mol. The molecule has 3 N–H and O–H groups in total. The maximum absolute atomic E-state index is 12.1. The molecule has 0 radical (unpaired) electrons. The summed E-state index contributed by atoms with van der Waals surface area (Å²) in [5, 5.41) is 11.2. The third-order valence-corrected chi connectivity index (χ3v) is 4.15. The number of carbonyl (C=O) groups excluding carboxylic acids is 2. The number of hydrogen-bond donors (Lipinski definition) is 3. The summed E-state index contributed by atoms with van der Waals surface area (Å²) < 4.78 is 0. The Labute approximate surface area is 133 Å². The molecule has 23 heavy (non-hydrogen) atoms. The summed E-state index contributed by atoms with van der Waals surface area (Å²) in [4.78, 5) is 37.1. The number of thiophene rings is 1. The number of hydrazine groups is 1. The maximum Gasteiger partial charge on any atom is 0.324 e. The molecule has 0 spiro atoms. The number of amides is 2. The van der Waals surface area contributed by atoms with Gasteiger partial charge in [-0.05, 0) is 12.1 Å². The van der Waals surface area contributed by atoms with E-state index in [4.69, 9.17) is 0 Å². The maximum atomic E-state index is 12.1. The first-order chi connectivity index (χ1) is 11.1. The lowest BCUT2D eigenvalue weighted by Crippen LogP contribution is -2.41. The number of nitrogens with zero attached hydrogens (tertiary/aromatic N) is 1. The fourth-order valence-electron chi connectivity index (χ4n) is 2.05. The molecule has 9 heteroatoms. The number of nitro groups is 1. The minimum absolute atomic E-state index is 0.135. The highest BCUT2D eigenvalue weighted by molar-refractivity contribution is 7.17. The Balaban J connectivity index is 1.68. The van der Waals surface area contributed by atoms with Crippen molar-refractivity contribution in [2.75, 3.05) is 0 Å². The fourth-order valence-corrected chi connectivity index (χ4v) is 2.77. The Morgan fingerprint density at radius 1 is 1.09 bits per heavy atom. The van der Waals surface area contributed by atoms with Gasteiger partial charge < -0.3 is 4.98 Å². The number of aromatic amines is 1. The first-order valence-corrected chi connectivity index (χ1v) is 7.29. The van der Waals surface area contributed by atoms with Gasteiger partial charge in [-0.3, -0.25) is 30.6 Å². The molecule has 0 unspecified atom stereocenters. The highest BCUT2D eigenvalue weighted by Gasteiger charge is 2.17. The van der Waals surface area contributed by atoms with Crippen molar-refractivity contribution in [1.82, 2.24) is 15.8 Å². The van der Waals surface area contributed by atoms with E-state index in [1.807, 2.05) is 12.1 Å². The van der Waals surface area contributed by atoms with Crippen molar-refractivity contribution < 1.29 is 14.5 Å². The Morgan fingerprint density at radius 2 is 1.83 bits per heavy atom. The van der Waals surface area contributed by atoms with Crippen molar-refractivity contribution in [2.45, 2.75) is 0 Å². The number of carbonyl (C=O) groups is 2. The van der Waals surface area contributed by atoms with Crippen LogP contribution in [-0.2, 0) is 0 Å². The topological polar surface area (TPSA) is 117 Å². The standard InChI is InChI=1S/C14H10N4O4S/c19-13(9-7-15-10-4-2-1-3-8(9)10)16-17-14(20)11-5-6-12(23-11)18(21)22/h1-7,15H,(H,16,19)(H,17,20). The van der Waals surface area contributed by atoms with Crippen LogP contribution >= 0.6 is 11.3 Å². The van der Waals surface area contributed by atoms with Crippen molar-refractivity contribution >= 4 is 39.1 Å². The molecule has 0 saturated carbocycles. The third-order valence-electron chi connectivity index (χ3n) is 3.12. The Kier molecular flexibility index (Phi) is 3.77. The summed E-state index contributed by atoms with van der Waals surface area (Å²) in [6.45, 7) is 0. The lowest BCUT2D eigenvalue weighted by Gasteiger charge is -2.05. The van der Waals surface area contributed by atoms with E-state index in [-0.39, 0.29) is 9.88 Å². The molecular formula is C14H10N4O4S. The van der Waals surface area contributed by atoms with Gasteiger partial charge in [0.15, 0.2) is 0 Å². The van der Waals surface area contributed by atoms with Gasteiger partial charge in [0.1, 0.15) is 4.88 Å². The number of nitrogens with one attached hydrogen (secondary N) is 3. The van der Waals surface area contributed by atoms with Crippen molar-refractivity contribution in [2.24, 2.45) is 0 Å². The molecule has 116 valence electrons. The van der Waals surface area contributed by atoms with Gasteiger partial charge in [-0.1, -0.05) is 29.5 Å². The van der Waals surface area contributed by atoms with Gasteiger partial charge in [0.2, 0.25) is 0 Å². The summed E-state index contributed by atoms with van der Waals surface area (Å²) in [5.41, 5.74) is 5.72. The average Bonchev–Trinajstić information content (AvgIpc) is 3.19. The number of hydrogen-bond acceptors (Lipinski definition) is 5. The van der Waals surface area contributed by atoms with Crippen LogP contribution in [0.1, 0.15) is 20.0 Å². The summed E-state index contributed by atoms with van der Waals surface area (Å²) in [7, 11) is 0. The lowest BCUT2D eigenvalue weighted by atomic mass is 10.2. The predicted octanol–water partition coefficient (Wildman–Crippen LogP) is 2.21. The van der Waals surface area contributed by atoms with Gasteiger partial charge in [0, 0.05) is 23.2 Å². The van der Waals surface area contributed by atoms with Crippen molar-refractivity contribution in [1.29, 1.82) is 0 Å². The molecule has 3 aromatic rings. The molecule has 2 aromatic heterocycles. The SMILES string of the molecule is O=C(NNC(=O)c1c[nH]c2ccccc12)c1ccc([N+](=O)[O-])s1. The van der Waals surface area contributed by atoms with E-state index in [2.05, 4.69) is 15.8 Å². The predicted molar refractivity (Wildman–Crippen MR) is 84.2 cm³/mol. The smallest absolute Gasteiger partial charge is 0.324 e. The van der Waals surface area contributed by atoms with Crippen LogP contribution in [0, 0.1) is 10.1 Å². The Bertz CT molecular complexity index is 914. The molecule has 0 aliphatic carbocycles. The molecule has 0 bridgehead atoms. The minimum Gasteiger partial charge on any atom is -0.360 e. The molecule has 8 nitrogen and oxygen atoms in total. The molecule has 0 saturated heterocycles. The van der Waals surface area contributed by atoms with Gasteiger partial charge in [0.25, 0.3) is 11.8 Å². The zero-order valence-electron chi connectivity index (χ0n) is 11.5. The molecule has 1 aromatic carbocycles. The quantitative estimate of drug-likeness (QED) is 0.504. The highest BCUT2D eigenvalue weighted by atomic mass is 32.1. The molecular weight excluding hydrogens is 320 g/mol. The molecule has 0 aliphatic heterocycles. The Morgan fingerprint density at radius 3 is 2.57 bits per heavy atom. The number of benzene rings is 1. The average molecular weight is 330 g/mol. The van der Waals surface area contributed by atoms with E-state index in [0.29, 0.717) is 5.56 Å². The lowest BCUT2D eigenvalue weighted by molar-refractivity contribution is -0.380. The van der Waals surface area contributed by atoms with E-state index in [0.717, 1.165) is 22.2 Å². The minimum atomic E-state index is -0.615. The van der Waals surface area contributed by atoms with Gasteiger partial charge in [0.05, 0.1) is 10.5 Å².